The number of furan rings is 1. The Morgan fingerprint density at radius 3 is 2.88 bits per heavy atom. The molecule has 2 heterocycles. The molecule has 0 radical (unpaired) electrons. The molecule has 0 aliphatic rings. The molecule has 17 heavy (non-hydrogen) atoms. The van der Waals surface area contributed by atoms with Crippen LogP contribution in [0, 0.1) is 0 Å². The maximum Gasteiger partial charge on any atom is 0.257 e. The number of aromatic nitrogens is 2. The molecule has 88 valence electrons. The molecule has 2 aromatic heterocycles. The zero-order valence-corrected chi connectivity index (χ0v) is 9.70. The van der Waals surface area contributed by atoms with Gasteiger partial charge >= 0.3 is 0 Å². The average Bonchev–Trinajstić information content (AvgIpc) is 2.91. The third-order valence-corrected chi connectivity index (χ3v) is 2.70. The van der Waals surface area contributed by atoms with Crippen LogP contribution in [0.5, 0.6) is 0 Å². The highest BCUT2D eigenvalue weighted by Crippen LogP contribution is 2.18. The fourth-order valence-electron chi connectivity index (χ4n) is 1.51. The van der Waals surface area contributed by atoms with Crippen molar-refractivity contribution in [2.24, 2.45) is 0 Å². The van der Waals surface area contributed by atoms with E-state index >= 15 is 0 Å². The number of carbonyl (C=O) groups excluding carboxylic acids is 1. The summed E-state index contributed by atoms with van der Waals surface area (Å²) in [6.45, 7) is 1.92. The van der Waals surface area contributed by atoms with E-state index < -0.39 is 0 Å². The highest BCUT2D eigenvalue weighted by atomic mass is 16.3. The van der Waals surface area contributed by atoms with E-state index in [1.165, 1.54) is 18.9 Å². The Kier molecular flexibility index (Phi) is 3.18. The maximum atomic E-state index is 12.0. The summed E-state index contributed by atoms with van der Waals surface area (Å²) in [5, 5.41) is 0. The van der Waals surface area contributed by atoms with Gasteiger partial charge in [0, 0.05) is 13.2 Å². The predicted molar refractivity (Wildman–Crippen MR) is 61.2 cm³/mol. The Hall–Kier alpha value is -2.17. The van der Waals surface area contributed by atoms with Crippen LogP contribution in [0.2, 0.25) is 0 Å². The van der Waals surface area contributed by atoms with Gasteiger partial charge in [-0.2, -0.15) is 0 Å². The molecular weight excluding hydrogens is 218 g/mol. The van der Waals surface area contributed by atoms with Crippen molar-refractivity contribution >= 4 is 5.91 Å². The normalized spacial score (nSPS) is 12.1. The molecule has 1 unspecified atom stereocenters. The summed E-state index contributed by atoms with van der Waals surface area (Å²) in [6, 6.07) is 3.33. The van der Waals surface area contributed by atoms with Crippen molar-refractivity contribution in [3.8, 4) is 0 Å². The number of carbonyl (C=O) groups is 1. The van der Waals surface area contributed by atoms with Crippen molar-refractivity contribution in [2.45, 2.75) is 13.0 Å². The van der Waals surface area contributed by atoms with E-state index in [-0.39, 0.29) is 11.9 Å². The second-order valence-electron chi connectivity index (χ2n) is 3.74. The number of hydrogen-bond donors (Lipinski definition) is 0. The SMILES string of the molecule is CC(c1ccncn1)N(C)C(=O)c1ccoc1. The van der Waals surface area contributed by atoms with Crippen molar-refractivity contribution in [2.75, 3.05) is 7.05 Å². The lowest BCUT2D eigenvalue weighted by Crippen LogP contribution is -2.29. The van der Waals surface area contributed by atoms with E-state index in [1.807, 2.05) is 6.92 Å². The zero-order chi connectivity index (χ0) is 12.3. The van der Waals surface area contributed by atoms with Crippen LogP contribution in [0.3, 0.4) is 0 Å². The smallest absolute Gasteiger partial charge is 0.257 e. The Balaban J connectivity index is 2.15. The summed E-state index contributed by atoms with van der Waals surface area (Å²) in [5.74, 6) is -0.0927. The first-order valence-electron chi connectivity index (χ1n) is 5.25. The molecule has 0 bridgehead atoms. The molecule has 0 aliphatic heterocycles. The average molecular weight is 231 g/mol. The Labute approximate surface area is 99.1 Å². The maximum absolute atomic E-state index is 12.0. The monoisotopic (exact) mass is 231 g/mol. The fraction of sp³-hybridized carbons (Fsp3) is 0.250. The van der Waals surface area contributed by atoms with Gasteiger partial charge in [-0.1, -0.05) is 0 Å². The van der Waals surface area contributed by atoms with Crippen LogP contribution in [0.25, 0.3) is 0 Å². The molecule has 5 heteroatoms. The lowest BCUT2D eigenvalue weighted by atomic mass is 10.2. The summed E-state index contributed by atoms with van der Waals surface area (Å²) in [5.41, 5.74) is 1.34. The molecule has 2 aromatic rings. The first kappa shape index (κ1) is 11.3. The second-order valence-corrected chi connectivity index (χ2v) is 3.74. The third-order valence-electron chi connectivity index (χ3n) is 2.70. The Bertz CT molecular complexity index is 482. The lowest BCUT2D eigenvalue weighted by Gasteiger charge is -2.23. The van der Waals surface area contributed by atoms with Gasteiger partial charge in [0.1, 0.15) is 12.6 Å². The van der Waals surface area contributed by atoms with Crippen molar-refractivity contribution in [1.82, 2.24) is 14.9 Å². The van der Waals surface area contributed by atoms with Crippen molar-refractivity contribution in [1.29, 1.82) is 0 Å². The molecule has 0 N–H and O–H groups in total. The van der Waals surface area contributed by atoms with E-state index in [9.17, 15) is 4.79 Å². The largest absolute Gasteiger partial charge is 0.472 e. The minimum absolute atomic E-state index is 0.0927. The summed E-state index contributed by atoms with van der Waals surface area (Å²) >= 11 is 0. The summed E-state index contributed by atoms with van der Waals surface area (Å²) in [6.07, 6.45) is 6.05. The number of amides is 1. The van der Waals surface area contributed by atoms with E-state index in [0.29, 0.717) is 5.56 Å². The first-order chi connectivity index (χ1) is 8.20. The zero-order valence-electron chi connectivity index (χ0n) is 9.70. The molecule has 5 nitrogen and oxygen atoms in total. The van der Waals surface area contributed by atoms with Crippen LogP contribution >= 0.6 is 0 Å². The van der Waals surface area contributed by atoms with Crippen molar-refractivity contribution in [3.63, 3.8) is 0 Å². The van der Waals surface area contributed by atoms with Gasteiger partial charge in [-0.25, -0.2) is 9.97 Å². The van der Waals surface area contributed by atoms with Gasteiger partial charge in [0.2, 0.25) is 0 Å². The number of rotatable bonds is 3. The van der Waals surface area contributed by atoms with Crippen LogP contribution in [-0.4, -0.2) is 27.8 Å². The Morgan fingerprint density at radius 1 is 1.47 bits per heavy atom. The van der Waals surface area contributed by atoms with E-state index in [4.69, 9.17) is 4.42 Å². The molecular formula is C12H13N3O2. The highest BCUT2D eigenvalue weighted by molar-refractivity contribution is 5.93. The standard InChI is InChI=1S/C12H13N3O2/c1-9(11-3-5-13-8-14-11)15(2)12(16)10-4-6-17-7-10/h3-9H,1-2H3. The quantitative estimate of drug-likeness (QED) is 0.809. The van der Waals surface area contributed by atoms with E-state index in [1.54, 1.807) is 30.3 Å². The summed E-state index contributed by atoms with van der Waals surface area (Å²) in [7, 11) is 1.74. The molecule has 0 aromatic carbocycles. The van der Waals surface area contributed by atoms with Gasteiger partial charge in [-0.15, -0.1) is 0 Å². The minimum atomic E-state index is -0.111. The van der Waals surface area contributed by atoms with E-state index in [0.717, 1.165) is 5.69 Å². The Morgan fingerprint density at radius 2 is 2.29 bits per heavy atom. The van der Waals surface area contributed by atoms with Crippen molar-refractivity contribution in [3.05, 3.63) is 48.4 Å². The second kappa shape index (κ2) is 4.78. The van der Waals surface area contributed by atoms with Gasteiger partial charge in [0.15, 0.2) is 0 Å². The molecule has 0 saturated heterocycles. The minimum Gasteiger partial charge on any atom is -0.472 e. The molecule has 0 fully saturated rings. The van der Waals surface area contributed by atoms with Crippen LogP contribution in [-0.2, 0) is 0 Å². The van der Waals surface area contributed by atoms with Gasteiger partial charge in [0.05, 0.1) is 23.6 Å². The number of hydrogen-bond acceptors (Lipinski definition) is 4. The van der Waals surface area contributed by atoms with E-state index in [2.05, 4.69) is 9.97 Å². The van der Waals surface area contributed by atoms with Crippen LogP contribution < -0.4 is 0 Å². The van der Waals surface area contributed by atoms with Crippen molar-refractivity contribution < 1.29 is 9.21 Å². The predicted octanol–water partition coefficient (Wildman–Crippen LogP) is 1.90. The summed E-state index contributed by atoms with van der Waals surface area (Å²) in [4.78, 5) is 21.6. The van der Waals surface area contributed by atoms with Gasteiger partial charge in [0.25, 0.3) is 5.91 Å². The first-order valence-corrected chi connectivity index (χ1v) is 5.25. The van der Waals surface area contributed by atoms with Gasteiger partial charge in [-0.05, 0) is 19.1 Å². The third kappa shape index (κ3) is 2.33. The van der Waals surface area contributed by atoms with Crippen LogP contribution in [0.15, 0.2) is 41.6 Å². The van der Waals surface area contributed by atoms with Gasteiger partial charge < -0.3 is 9.32 Å². The van der Waals surface area contributed by atoms with Gasteiger partial charge in [-0.3, -0.25) is 4.79 Å². The molecule has 0 aliphatic carbocycles. The highest BCUT2D eigenvalue weighted by Gasteiger charge is 2.20. The molecule has 1 amide bonds. The fourth-order valence-corrected chi connectivity index (χ4v) is 1.51. The lowest BCUT2D eigenvalue weighted by molar-refractivity contribution is 0.0739. The topological polar surface area (TPSA) is 59.2 Å². The number of nitrogens with zero attached hydrogens (tertiary/aromatic N) is 3. The summed E-state index contributed by atoms with van der Waals surface area (Å²) < 4.78 is 4.90. The molecule has 1 atom stereocenters. The van der Waals surface area contributed by atoms with Crippen LogP contribution in [0.1, 0.15) is 29.0 Å². The molecule has 0 spiro atoms. The molecule has 0 saturated carbocycles. The molecule has 2 rings (SSSR count). The van der Waals surface area contributed by atoms with Crippen LogP contribution in [0.4, 0.5) is 0 Å².